The van der Waals surface area contributed by atoms with Gasteiger partial charge in [0.2, 0.25) is 0 Å². The van der Waals surface area contributed by atoms with E-state index in [4.69, 9.17) is 14.3 Å². The van der Waals surface area contributed by atoms with Crippen LogP contribution in [0.5, 0.6) is 0 Å². The average molecular weight is 333 g/mol. The fourth-order valence-electron chi connectivity index (χ4n) is 1.51. The molecule has 0 bridgehead atoms. The molecule has 2 amide bonds. The standard InChI is InChI=1S/C6H7NO11S2/c8-3-1-6(19(12,13)14,5(10)7(3)11)2-4(9)18-20(15,16)17/h11H,1-2H2,(H,12,13,14)(H,15,16,17). The summed E-state index contributed by atoms with van der Waals surface area (Å²) in [6, 6.07) is 0. The third-order valence-corrected chi connectivity index (χ3v) is 4.22. The molecule has 1 aliphatic heterocycles. The van der Waals surface area contributed by atoms with Crippen LogP contribution in [0.3, 0.4) is 0 Å². The molecule has 1 atom stereocenters. The van der Waals surface area contributed by atoms with Crippen molar-refractivity contribution >= 4 is 38.3 Å². The monoisotopic (exact) mass is 333 g/mol. The van der Waals surface area contributed by atoms with Crippen LogP contribution in [0, 0.1) is 0 Å². The van der Waals surface area contributed by atoms with E-state index >= 15 is 0 Å². The number of amides is 2. The molecule has 0 aromatic heterocycles. The SMILES string of the molecule is O=C(CC1(S(=O)(=O)O)CC(=O)N(O)C1=O)OS(=O)(=O)O. The van der Waals surface area contributed by atoms with Gasteiger partial charge in [-0.15, -0.1) is 0 Å². The van der Waals surface area contributed by atoms with Crippen LogP contribution in [0.1, 0.15) is 12.8 Å². The Bertz CT molecular complexity index is 676. The number of nitrogens with zero attached hydrogens (tertiary/aromatic N) is 1. The van der Waals surface area contributed by atoms with Crippen LogP contribution in [0.15, 0.2) is 0 Å². The van der Waals surface area contributed by atoms with E-state index in [0.717, 1.165) is 0 Å². The number of carbonyl (C=O) groups is 3. The third kappa shape index (κ3) is 2.93. The smallest absolute Gasteiger partial charge is 0.325 e. The van der Waals surface area contributed by atoms with E-state index in [2.05, 4.69) is 4.18 Å². The second-order valence-corrected chi connectivity index (χ2v) is 6.47. The minimum absolute atomic E-state index is 0.630. The van der Waals surface area contributed by atoms with Gasteiger partial charge in [-0.05, 0) is 0 Å². The van der Waals surface area contributed by atoms with Crippen molar-refractivity contribution < 1.29 is 49.7 Å². The zero-order chi connectivity index (χ0) is 15.9. The molecular formula is C6H7NO11S2. The number of hydrogen-bond donors (Lipinski definition) is 3. The number of hydroxylamine groups is 2. The summed E-state index contributed by atoms with van der Waals surface area (Å²) < 4.78 is 60.4. The minimum atomic E-state index is -5.38. The van der Waals surface area contributed by atoms with Crippen molar-refractivity contribution in [2.24, 2.45) is 0 Å². The fourth-order valence-corrected chi connectivity index (χ4v) is 2.72. The largest absolute Gasteiger partial charge is 0.448 e. The Labute approximate surface area is 111 Å². The van der Waals surface area contributed by atoms with Crippen LogP contribution in [0.2, 0.25) is 0 Å². The zero-order valence-electron chi connectivity index (χ0n) is 9.29. The van der Waals surface area contributed by atoms with Gasteiger partial charge in [-0.1, -0.05) is 0 Å². The van der Waals surface area contributed by atoms with Gasteiger partial charge >= 0.3 is 16.4 Å². The van der Waals surface area contributed by atoms with Gasteiger partial charge in [0.05, 0.1) is 12.8 Å². The van der Waals surface area contributed by atoms with E-state index < -0.39 is 61.0 Å². The number of hydrogen-bond acceptors (Lipinski definition) is 9. The predicted octanol–water partition coefficient (Wildman–Crippen LogP) is -2.50. The summed E-state index contributed by atoms with van der Waals surface area (Å²) in [5.74, 6) is -5.22. The highest BCUT2D eigenvalue weighted by atomic mass is 32.3. The molecule has 114 valence electrons. The lowest BCUT2D eigenvalue weighted by Gasteiger charge is -2.20. The highest BCUT2D eigenvalue weighted by Crippen LogP contribution is 2.34. The lowest BCUT2D eigenvalue weighted by atomic mass is 10.0. The van der Waals surface area contributed by atoms with Crippen LogP contribution in [-0.4, -0.2) is 58.7 Å². The molecule has 0 saturated carbocycles. The van der Waals surface area contributed by atoms with Gasteiger partial charge in [-0.2, -0.15) is 21.9 Å². The van der Waals surface area contributed by atoms with E-state index in [1.165, 1.54) is 0 Å². The molecule has 1 saturated heterocycles. The lowest BCUT2D eigenvalue weighted by molar-refractivity contribution is -0.172. The van der Waals surface area contributed by atoms with E-state index in [-0.39, 0.29) is 0 Å². The Hall–Kier alpha value is -1.61. The Kier molecular flexibility index (Phi) is 3.90. The Balaban J connectivity index is 3.21. The molecule has 3 N–H and O–H groups in total. The van der Waals surface area contributed by atoms with Crippen LogP contribution in [-0.2, 0) is 39.1 Å². The lowest BCUT2D eigenvalue weighted by Crippen LogP contribution is -2.47. The molecule has 1 unspecified atom stereocenters. The van der Waals surface area contributed by atoms with E-state index in [0.29, 0.717) is 0 Å². The zero-order valence-corrected chi connectivity index (χ0v) is 10.9. The maximum Gasteiger partial charge on any atom is 0.448 e. The van der Waals surface area contributed by atoms with Crippen molar-refractivity contribution in [3.63, 3.8) is 0 Å². The van der Waals surface area contributed by atoms with Crippen molar-refractivity contribution in [2.45, 2.75) is 17.6 Å². The molecule has 14 heteroatoms. The first-order valence-electron chi connectivity index (χ1n) is 4.53. The summed E-state index contributed by atoms with van der Waals surface area (Å²) >= 11 is 0. The minimum Gasteiger partial charge on any atom is -0.325 e. The first-order chi connectivity index (χ1) is 8.80. The van der Waals surface area contributed by atoms with Crippen molar-refractivity contribution in [2.75, 3.05) is 0 Å². The second-order valence-electron chi connectivity index (χ2n) is 3.72. The summed E-state index contributed by atoms with van der Waals surface area (Å²) in [6.07, 6.45) is -2.91. The van der Waals surface area contributed by atoms with Gasteiger partial charge < -0.3 is 4.18 Å². The quantitative estimate of drug-likeness (QED) is 0.279. The average Bonchev–Trinajstić information content (AvgIpc) is 2.40. The van der Waals surface area contributed by atoms with Gasteiger partial charge in [0.1, 0.15) is 0 Å². The molecule has 1 aliphatic rings. The molecule has 0 aliphatic carbocycles. The Morgan fingerprint density at radius 2 is 1.75 bits per heavy atom. The first-order valence-corrected chi connectivity index (χ1v) is 7.34. The third-order valence-electron chi connectivity index (χ3n) is 2.38. The molecule has 1 heterocycles. The van der Waals surface area contributed by atoms with E-state index in [1.54, 1.807) is 0 Å². The summed E-state index contributed by atoms with van der Waals surface area (Å²) in [6.45, 7) is 0. The maximum absolute atomic E-state index is 11.5. The van der Waals surface area contributed by atoms with Crippen molar-refractivity contribution in [3.8, 4) is 0 Å². The topological polar surface area (TPSA) is 193 Å². The van der Waals surface area contributed by atoms with Crippen LogP contribution >= 0.6 is 0 Å². The summed E-state index contributed by atoms with van der Waals surface area (Å²) in [4.78, 5) is 33.7. The molecule has 0 radical (unpaired) electrons. The molecule has 0 spiro atoms. The Morgan fingerprint density at radius 1 is 1.25 bits per heavy atom. The van der Waals surface area contributed by atoms with Gasteiger partial charge in [-0.3, -0.25) is 28.7 Å². The van der Waals surface area contributed by atoms with Crippen LogP contribution in [0.4, 0.5) is 0 Å². The molecular weight excluding hydrogens is 326 g/mol. The van der Waals surface area contributed by atoms with Crippen molar-refractivity contribution in [1.82, 2.24) is 5.06 Å². The fraction of sp³-hybridized carbons (Fsp3) is 0.500. The van der Waals surface area contributed by atoms with Crippen molar-refractivity contribution in [1.29, 1.82) is 0 Å². The number of rotatable bonds is 4. The highest BCUT2D eigenvalue weighted by molar-refractivity contribution is 7.88. The highest BCUT2D eigenvalue weighted by Gasteiger charge is 2.62. The Morgan fingerprint density at radius 3 is 2.05 bits per heavy atom. The molecule has 1 fully saturated rings. The molecule has 12 nitrogen and oxygen atoms in total. The summed E-state index contributed by atoms with van der Waals surface area (Å²) in [7, 11) is -10.7. The molecule has 0 aromatic rings. The number of carbonyl (C=O) groups excluding carboxylic acids is 3. The second kappa shape index (κ2) is 4.74. The van der Waals surface area contributed by atoms with Crippen LogP contribution in [0.25, 0.3) is 0 Å². The van der Waals surface area contributed by atoms with Gasteiger partial charge in [0.25, 0.3) is 21.9 Å². The van der Waals surface area contributed by atoms with Crippen LogP contribution < -0.4 is 0 Å². The first kappa shape index (κ1) is 16.4. The van der Waals surface area contributed by atoms with Gasteiger partial charge in [0.15, 0.2) is 4.75 Å². The van der Waals surface area contributed by atoms with E-state index in [9.17, 15) is 31.2 Å². The normalized spacial score (nSPS) is 24.1. The summed E-state index contributed by atoms with van der Waals surface area (Å²) in [5.41, 5.74) is 0. The molecule has 1 rings (SSSR count). The van der Waals surface area contributed by atoms with Gasteiger partial charge in [-0.25, -0.2) is 0 Å². The molecule has 20 heavy (non-hydrogen) atoms. The molecule has 0 aromatic carbocycles. The van der Waals surface area contributed by atoms with E-state index in [1.807, 2.05) is 0 Å². The summed E-state index contributed by atoms with van der Waals surface area (Å²) in [5, 5.41) is 8.32. The number of imide groups is 1. The maximum atomic E-state index is 11.5. The van der Waals surface area contributed by atoms with Gasteiger partial charge in [0, 0.05) is 0 Å². The van der Waals surface area contributed by atoms with Crippen molar-refractivity contribution in [3.05, 3.63) is 0 Å². The predicted molar refractivity (Wildman–Crippen MR) is 54.8 cm³/mol.